The minimum absolute atomic E-state index is 0.0787. The zero-order chi connectivity index (χ0) is 28.4. The number of esters is 1. The summed E-state index contributed by atoms with van der Waals surface area (Å²) in [6.07, 6.45) is 0. The molecule has 0 saturated carbocycles. The van der Waals surface area contributed by atoms with Crippen LogP contribution in [0.5, 0.6) is 28.7 Å². The molecule has 3 aromatic carbocycles. The lowest BCUT2D eigenvalue weighted by atomic mass is 9.83. The Morgan fingerprint density at radius 1 is 0.949 bits per heavy atom. The number of para-hydroxylation sites is 1. The summed E-state index contributed by atoms with van der Waals surface area (Å²) in [6, 6.07) is 11.2. The Bertz CT molecular complexity index is 1520. The van der Waals surface area contributed by atoms with Crippen LogP contribution in [0.2, 0.25) is 0 Å². The van der Waals surface area contributed by atoms with Crippen molar-refractivity contribution in [1.29, 1.82) is 5.26 Å². The molecule has 1 atom stereocenters. The van der Waals surface area contributed by atoms with E-state index in [9.17, 15) is 32.0 Å². The van der Waals surface area contributed by atoms with Gasteiger partial charge in [0.2, 0.25) is 35.0 Å². The maximum absolute atomic E-state index is 13.8. The molecule has 0 bridgehead atoms. The van der Waals surface area contributed by atoms with Crippen LogP contribution in [0, 0.1) is 40.4 Å². The molecule has 0 aliphatic carbocycles. The second-order valence-electron chi connectivity index (χ2n) is 7.87. The average Bonchev–Trinajstić information content (AvgIpc) is 2.93. The Morgan fingerprint density at radius 2 is 1.62 bits per heavy atom. The van der Waals surface area contributed by atoms with Gasteiger partial charge in [-0.05, 0) is 12.1 Å². The monoisotopic (exact) mass is 548 g/mol. The van der Waals surface area contributed by atoms with Gasteiger partial charge in [0.05, 0.1) is 20.1 Å². The lowest BCUT2D eigenvalue weighted by molar-refractivity contribution is -0.136. The number of carbonyl (C=O) groups excluding carboxylic acids is 1. The van der Waals surface area contributed by atoms with Crippen LogP contribution in [-0.2, 0) is 4.79 Å². The molecule has 3 aromatic rings. The molecule has 1 heterocycles. The number of allylic oxidation sites excluding steroid dienone is 1. The summed E-state index contributed by atoms with van der Waals surface area (Å²) in [6.45, 7) is -1.19. The first-order valence-electron chi connectivity index (χ1n) is 10.9. The number of hydrogen-bond acceptors (Lipinski definition) is 8. The van der Waals surface area contributed by atoms with Gasteiger partial charge in [0.25, 0.3) is 0 Å². The fraction of sp³-hybridized carbons (Fsp3) is 0.154. The van der Waals surface area contributed by atoms with Crippen molar-refractivity contribution in [3.8, 4) is 34.8 Å². The van der Waals surface area contributed by atoms with Crippen LogP contribution in [0.4, 0.5) is 22.0 Å². The van der Waals surface area contributed by atoms with Crippen LogP contribution in [0.15, 0.2) is 47.9 Å². The number of nitriles is 1. The molecule has 8 nitrogen and oxygen atoms in total. The van der Waals surface area contributed by atoms with E-state index in [2.05, 4.69) is 4.74 Å². The summed E-state index contributed by atoms with van der Waals surface area (Å²) >= 11 is 0. The Hall–Kier alpha value is -4.99. The van der Waals surface area contributed by atoms with Gasteiger partial charge in [0.15, 0.2) is 23.9 Å². The first-order valence-corrected chi connectivity index (χ1v) is 10.9. The summed E-state index contributed by atoms with van der Waals surface area (Å²) in [5.74, 6) is -14.4. The summed E-state index contributed by atoms with van der Waals surface area (Å²) < 4.78 is 93.4. The Kier molecular flexibility index (Phi) is 7.48. The van der Waals surface area contributed by atoms with Gasteiger partial charge < -0.3 is 29.4 Å². The smallest absolute Gasteiger partial charge is 0.349 e. The number of nitrogens with two attached hydrogens (primary N) is 1. The fourth-order valence-corrected chi connectivity index (χ4v) is 3.96. The third-order valence-electron chi connectivity index (χ3n) is 5.67. The Labute approximate surface area is 217 Å². The highest BCUT2D eigenvalue weighted by Crippen LogP contribution is 2.48. The van der Waals surface area contributed by atoms with Crippen LogP contribution in [0.3, 0.4) is 0 Å². The number of fused-ring (bicyclic) bond motifs is 1. The third-order valence-corrected chi connectivity index (χ3v) is 5.67. The van der Waals surface area contributed by atoms with Gasteiger partial charge in [-0.3, -0.25) is 0 Å². The van der Waals surface area contributed by atoms with Crippen molar-refractivity contribution in [2.45, 2.75) is 5.92 Å². The first-order chi connectivity index (χ1) is 18.6. The van der Waals surface area contributed by atoms with Crippen molar-refractivity contribution in [2.75, 3.05) is 20.8 Å². The van der Waals surface area contributed by atoms with Crippen LogP contribution in [0.25, 0.3) is 0 Å². The highest BCUT2D eigenvalue weighted by Gasteiger charge is 2.34. The van der Waals surface area contributed by atoms with Gasteiger partial charge >= 0.3 is 5.97 Å². The van der Waals surface area contributed by atoms with Crippen LogP contribution < -0.4 is 29.4 Å². The van der Waals surface area contributed by atoms with Crippen molar-refractivity contribution in [3.05, 3.63) is 88.1 Å². The van der Waals surface area contributed by atoms with Gasteiger partial charge in [0.1, 0.15) is 23.1 Å². The topological polar surface area (TPSA) is 113 Å². The molecular formula is C26H17F5N2O6. The molecule has 1 aliphatic heterocycles. The van der Waals surface area contributed by atoms with Crippen LogP contribution in [-0.4, -0.2) is 26.8 Å². The van der Waals surface area contributed by atoms with E-state index in [1.54, 1.807) is 18.2 Å². The van der Waals surface area contributed by atoms with E-state index in [1.807, 2.05) is 6.07 Å². The summed E-state index contributed by atoms with van der Waals surface area (Å²) in [4.78, 5) is 12.2. The summed E-state index contributed by atoms with van der Waals surface area (Å²) in [5.41, 5.74) is 7.05. The van der Waals surface area contributed by atoms with Gasteiger partial charge in [-0.2, -0.15) is 14.0 Å². The number of rotatable bonds is 7. The standard InChI is InChI=1S/C26H17F5N2O6/c1-35-15-5-3-4-13(24(15)36-2)18-12-7-6-11(8-16(12)39-26(33)14(18)9-32)38-17(34)10-37-25-22(30)20(28)19(27)21(29)23(25)31/h3-8,18H,10,33H2,1-2H3. The van der Waals surface area contributed by atoms with E-state index >= 15 is 0 Å². The Morgan fingerprint density at radius 3 is 2.23 bits per heavy atom. The minimum atomic E-state index is -2.37. The van der Waals surface area contributed by atoms with Gasteiger partial charge in [-0.1, -0.05) is 18.2 Å². The Balaban J connectivity index is 1.61. The molecule has 0 radical (unpaired) electrons. The summed E-state index contributed by atoms with van der Waals surface area (Å²) in [5, 5.41) is 9.78. The number of nitrogens with zero attached hydrogens (tertiary/aromatic N) is 1. The highest BCUT2D eigenvalue weighted by molar-refractivity contribution is 5.74. The minimum Gasteiger partial charge on any atom is -0.493 e. The molecule has 0 amide bonds. The number of carbonyl (C=O) groups is 1. The largest absolute Gasteiger partial charge is 0.493 e. The van der Waals surface area contributed by atoms with Crippen molar-refractivity contribution in [1.82, 2.24) is 0 Å². The zero-order valence-corrected chi connectivity index (χ0v) is 20.1. The van der Waals surface area contributed by atoms with Crippen molar-refractivity contribution in [3.63, 3.8) is 0 Å². The predicted octanol–water partition coefficient (Wildman–Crippen LogP) is 4.60. The fourth-order valence-electron chi connectivity index (χ4n) is 3.96. The first kappa shape index (κ1) is 27.1. The molecule has 13 heteroatoms. The van der Waals surface area contributed by atoms with E-state index in [-0.39, 0.29) is 23.0 Å². The van der Waals surface area contributed by atoms with Gasteiger partial charge in [-0.15, -0.1) is 0 Å². The van der Waals surface area contributed by atoms with E-state index in [0.29, 0.717) is 22.6 Å². The average molecular weight is 548 g/mol. The van der Waals surface area contributed by atoms with Gasteiger partial charge in [0, 0.05) is 17.2 Å². The van der Waals surface area contributed by atoms with E-state index in [1.165, 1.54) is 32.4 Å². The lowest BCUT2D eigenvalue weighted by Gasteiger charge is -2.28. The number of ether oxygens (including phenoxy) is 5. The second-order valence-corrected chi connectivity index (χ2v) is 7.87. The maximum atomic E-state index is 13.8. The molecule has 39 heavy (non-hydrogen) atoms. The van der Waals surface area contributed by atoms with Gasteiger partial charge in [-0.25, -0.2) is 18.0 Å². The molecule has 4 rings (SSSR count). The highest BCUT2D eigenvalue weighted by atomic mass is 19.2. The number of methoxy groups -OCH3 is 2. The van der Waals surface area contributed by atoms with Crippen molar-refractivity contribution < 1.29 is 50.4 Å². The second kappa shape index (κ2) is 10.8. The molecule has 2 N–H and O–H groups in total. The van der Waals surface area contributed by atoms with Crippen molar-refractivity contribution >= 4 is 5.97 Å². The number of hydrogen-bond donors (Lipinski definition) is 1. The van der Waals surface area contributed by atoms with Crippen molar-refractivity contribution in [2.24, 2.45) is 5.73 Å². The molecule has 202 valence electrons. The van der Waals surface area contributed by atoms with E-state index in [0.717, 1.165) is 0 Å². The molecule has 0 saturated heterocycles. The predicted molar refractivity (Wildman–Crippen MR) is 123 cm³/mol. The SMILES string of the molecule is COc1cccc(C2C(C#N)=C(N)Oc3cc(OC(=O)COc4c(F)c(F)c(F)c(F)c4F)ccc32)c1OC. The molecular weight excluding hydrogens is 531 g/mol. The molecule has 0 fully saturated rings. The maximum Gasteiger partial charge on any atom is 0.349 e. The number of benzene rings is 3. The molecule has 1 aliphatic rings. The lowest BCUT2D eigenvalue weighted by Crippen LogP contribution is -2.22. The van der Waals surface area contributed by atoms with Crippen LogP contribution in [0.1, 0.15) is 17.0 Å². The molecule has 0 spiro atoms. The van der Waals surface area contributed by atoms with Crippen LogP contribution >= 0.6 is 0 Å². The quantitative estimate of drug-likeness (QED) is 0.150. The van der Waals surface area contributed by atoms with E-state index < -0.39 is 53.3 Å². The molecule has 0 aromatic heterocycles. The normalized spacial score (nSPS) is 14.2. The summed E-state index contributed by atoms with van der Waals surface area (Å²) in [7, 11) is 2.88. The zero-order valence-electron chi connectivity index (χ0n) is 20.1. The third kappa shape index (κ3) is 4.84. The van der Waals surface area contributed by atoms with E-state index in [4.69, 9.17) is 24.7 Å². The molecule has 1 unspecified atom stereocenters. The number of halogens is 5.